The van der Waals surface area contributed by atoms with Gasteiger partial charge in [-0.3, -0.25) is 0 Å². The molecule has 0 bridgehead atoms. The highest BCUT2D eigenvalue weighted by Gasteiger charge is 2.50. The average molecular weight is 212 g/mol. The number of hydrogen-bond acceptors (Lipinski definition) is 2. The van der Waals surface area contributed by atoms with Crippen molar-refractivity contribution in [2.75, 3.05) is 0 Å². The molecule has 1 aliphatic heterocycles. The van der Waals surface area contributed by atoms with E-state index in [1.165, 1.54) is 12.8 Å². The van der Waals surface area contributed by atoms with Gasteiger partial charge in [0.1, 0.15) is 5.78 Å². The number of ketones is 1. The lowest BCUT2D eigenvalue weighted by atomic mass is 9.95. The van der Waals surface area contributed by atoms with E-state index in [1.54, 1.807) is 6.92 Å². The summed E-state index contributed by atoms with van der Waals surface area (Å²) in [5.74, 6) is 1.05. The van der Waals surface area contributed by atoms with Crippen LogP contribution in [-0.4, -0.2) is 17.5 Å². The van der Waals surface area contributed by atoms with E-state index in [1.807, 2.05) is 0 Å². The Morgan fingerprint density at radius 3 is 2.67 bits per heavy atom. The molecule has 1 rings (SSSR count). The number of carbonyl (C=O) groups is 1. The second kappa shape index (κ2) is 5.11. The minimum atomic E-state index is 0.0876. The van der Waals surface area contributed by atoms with Gasteiger partial charge in [-0.2, -0.15) is 0 Å². The Hall–Kier alpha value is -0.370. The van der Waals surface area contributed by atoms with E-state index >= 15 is 0 Å². The molecular weight excluding hydrogens is 188 g/mol. The van der Waals surface area contributed by atoms with E-state index in [0.717, 1.165) is 18.8 Å². The number of rotatable bonds is 7. The first-order chi connectivity index (χ1) is 6.94. The summed E-state index contributed by atoms with van der Waals surface area (Å²) in [6.45, 7) is 8.34. The number of ether oxygens (including phenoxy) is 1. The minimum Gasteiger partial charge on any atom is -0.366 e. The van der Waals surface area contributed by atoms with Crippen molar-refractivity contribution in [2.45, 2.75) is 71.5 Å². The first-order valence-electron chi connectivity index (χ1n) is 6.11. The third kappa shape index (κ3) is 4.33. The van der Waals surface area contributed by atoms with E-state index < -0.39 is 0 Å². The first kappa shape index (κ1) is 12.7. The van der Waals surface area contributed by atoms with Gasteiger partial charge in [0.2, 0.25) is 0 Å². The molecule has 2 atom stereocenters. The second-order valence-electron chi connectivity index (χ2n) is 5.45. The Morgan fingerprint density at radius 1 is 1.47 bits per heavy atom. The monoisotopic (exact) mass is 212 g/mol. The Morgan fingerprint density at radius 2 is 2.13 bits per heavy atom. The van der Waals surface area contributed by atoms with Crippen molar-refractivity contribution in [3.63, 3.8) is 0 Å². The zero-order valence-electron chi connectivity index (χ0n) is 10.5. The zero-order valence-corrected chi connectivity index (χ0v) is 10.5. The van der Waals surface area contributed by atoms with Crippen LogP contribution in [0.2, 0.25) is 0 Å². The van der Waals surface area contributed by atoms with Crippen molar-refractivity contribution in [3.8, 4) is 0 Å². The lowest BCUT2D eigenvalue weighted by Gasteiger charge is -2.07. The molecule has 1 aliphatic rings. The van der Waals surface area contributed by atoms with E-state index in [9.17, 15) is 4.79 Å². The Balaban J connectivity index is 2.12. The smallest absolute Gasteiger partial charge is 0.129 e. The molecule has 0 spiro atoms. The molecule has 1 saturated heterocycles. The van der Waals surface area contributed by atoms with Gasteiger partial charge in [-0.05, 0) is 32.6 Å². The number of carbonyl (C=O) groups excluding carboxylic acids is 1. The van der Waals surface area contributed by atoms with Crippen LogP contribution < -0.4 is 0 Å². The van der Waals surface area contributed by atoms with Gasteiger partial charge >= 0.3 is 0 Å². The maximum absolute atomic E-state index is 10.8. The molecule has 0 saturated carbocycles. The van der Waals surface area contributed by atoms with Crippen LogP contribution in [0.3, 0.4) is 0 Å². The van der Waals surface area contributed by atoms with E-state index in [0.29, 0.717) is 12.5 Å². The largest absolute Gasteiger partial charge is 0.366 e. The highest BCUT2D eigenvalue weighted by atomic mass is 16.6. The summed E-state index contributed by atoms with van der Waals surface area (Å²) in [7, 11) is 0. The van der Waals surface area contributed by atoms with Crippen LogP contribution in [0.15, 0.2) is 0 Å². The fourth-order valence-electron chi connectivity index (χ4n) is 2.07. The zero-order chi connectivity index (χ0) is 11.5. The maximum Gasteiger partial charge on any atom is 0.129 e. The van der Waals surface area contributed by atoms with Crippen molar-refractivity contribution < 1.29 is 9.53 Å². The van der Waals surface area contributed by atoms with Crippen LogP contribution in [0.1, 0.15) is 59.8 Å². The average Bonchev–Trinajstić information content (AvgIpc) is 2.73. The third-order valence-corrected chi connectivity index (χ3v) is 3.25. The molecule has 0 aromatic rings. The predicted molar refractivity (Wildman–Crippen MR) is 61.9 cm³/mol. The normalized spacial score (nSPS) is 29.5. The van der Waals surface area contributed by atoms with Gasteiger partial charge in [0, 0.05) is 6.42 Å². The summed E-state index contributed by atoms with van der Waals surface area (Å²) in [5, 5.41) is 0. The molecule has 1 fully saturated rings. The summed E-state index contributed by atoms with van der Waals surface area (Å²) >= 11 is 0. The van der Waals surface area contributed by atoms with Crippen LogP contribution in [0, 0.1) is 5.92 Å². The molecule has 0 aliphatic carbocycles. The van der Waals surface area contributed by atoms with Gasteiger partial charge in [0.15, 0.2) is 0 Å². The summed E-state index contributed by atoms with van der Waals surface area (Å²) in [6.07, 6.45) is 5.59. The Labute approximate surface area is 93.4 Å². The summed E-state index contributed by atoms with van der Waals surface area (Å²) < 4.78 is 5.68. The molecular formula is C13H24O2. The van der Waals surface area contributed by atoms with Gasteiger partial charge in [-0.25, -0.2) is 0 Å². The maximum atomic E-state index is 10.8. The van der Waals surface area contributed by atoms with Crippen LogP contribution >= 0.6 is 0 Å². The second-order valence-corrected chi connectivity index (χ2v) is 5.45. The third-order valence-electron chi connectivity index (χ3n) is 3.25. The topological polar surface area (TPSA) is 29.6 Å². The van der Waals surface area contributed by atoms with Crippen LogP contribution in [-0.2, 0) is 9.53 Å². The van der Waals surface area contributed by atoms with Crippen molar-refractivity contribution >= 4 is 5.78 Å². The molecule has 0 N–H and O–H groups in total. The van der Waals surface area contributed by atoms with Crippen molar-refractivity contribution in [1.29, 1.82) is 0 Å². The number of Topliss-reactive ketones (excluding diaryl/α,β-unsaturated/α-hetero) is 1. The van der Waals surface area contributed by atoms with Gasteiger partial charge in [-0.15, -0.1) is 0 Å². The molecule has 88 valence electrons. The SMILES string of the molecule is CC(=O)CCC1OC1(C)CCCC(C)C. The molecule has 2 heteroatoms. The highest BCUT2D eigenvalue weighted by Crippen LogP contribution is 2.43. The first-order valence-corrected chi connectivity index (χ1v) is 6.11. The quantitative estimate of drug-likeness (QED) is 0.606. The van der Waals surface area contributed by atoms with Crippen LogP contribution in [0.4, 0.5) is 0 Å². The van der Waals surface area contributed by atoms with E-state index in [-0.39, 0.29) is 11.4 Å². The summed E-state index contributed by atoms with van der Waals surface area (Å²) in [6, 6.07) is 0. The van der Waals surface area contributed by atoms with Gasteiger partial charge in [0.25, 0.3) is 0 Å². The molecule has 0 radical (unpaired) electrons. The molecule has 0 amide bonds. The fourth-order valence-corrected chi connectivity index (χ4v) is 2.07. The minimum absolute atomic E-state index is 0.0876. The Kier molecular flexibility index (Phi) is 4.32. The molecule has 2 unspecified atom stereocenters. The van der Waals surface area contributed by atoms with Crippen LogP contribution in [0.25, 0.3) is 0 Å². The molecule has 0 aromatic heterocycles. The van der Waals surface area contributed by atoms with E-state index in [2.05, 4.69) is 20.8 Å². The summed E-state index contributed by atoms with van der Waals surface area (Å²) in [5.41, 5.74) is 0.0876. The fraction of sp³-hybridized carbons (Fsp3) is 0.923. The summed E-state index contributed by atoms with van der Waals surface area (Å²) in [4.78, 5) is 10.8. The molecule has 2 nitrogen and oxygen atoms in total. The number of hydrogen-bond donors (Lipinski definition) is 0. The van der Waals surface area contributed by atoms with Crippen molar-refractivity contribution in [1.82, 2.24) is 0 Å². The number of epoxide rings is 1. The highest BCUT2D eigenvalue weighted by molar-refractivity contribution is 5.75. The molecule has 1 heterocycles. The standard InChI is InChI=1S/C13H24O2/c1-10(2)6-5-9-13(4)12(15-13)8-7-11(3)14/h10,12H,5-9H2,1-4H3. The van der Waals surface area contributed by atoms with Gasteiger partial charge in [-0.1, -0.05) is 26.7 Å². The Bertz CT molecular complexity index is 223. The van der Waals surface area contributed by atoms with Crippen LogP contribution in [0.5, 0.6) is 0 Å². The van der Waals surface area contributed by atoms with Crippen molar-refractivity contribution in [3.05, 3.63) is 0 Å². The predicted octanol–water partition coefficient (Wildman–Crippen LogP) is 3.34. The van der Waals surface area contributed by atoms with Gasteiger partial charge < -0.3 is 9.53 Å². The molecule has 15 heavy (non-hydrogen) atoms. The van der Waals surface area contributed by atoms with Gasteiger partial charge in [0.05, 0.1) is 11.7 Å². The molecule has 0 aromatic carbocycles. The lowest BCUT2D eigenvalue weighted by Crippen LogP contribution is -2.11. The van der Waals surface area contributed by atoms with E-state index in [4.69, 9.17) is 4.74 Å². The van der Waals surface area contributed by atoms with Crippen molar-refractivity contribution in [2.24, 2.45) is 5.92 Å². The lowest BCUT2D eigenvalue weighted by molar-refractivity contribution is -0.117.